The topological polar surface area (TPSA) is 81.7 Å². The molecule has 1 aliphatic heterocycles. The minimum Gasteiger partial charge on any atom is -0.389 e. The quantitative estimate of drug-likeness (QED) is 0.350. The Morgan fingerprint density at radius 1 is 1.00 bits per heavy atom. The number of piperidine rings is 1. The maximum atomic E-state index is 13.2. The van der Waals surface area contributed by atoms with Gasteiger partial charge in [0.15, 0.2) is 5.78 Å². The van der Waals surface area contributed by atoms with Crippen LogP contribution in [0.1, 0.15) is 47.3 Å². The molecule has 3 aromatic carbocycles. The van der Waals surface area contributed by atoms with Crippen molar-refractivity contribution >= 4 is 17.5 Å². The number of aliphatic hydroxyl groups is 1. The molecule has 1 aliphatic rings. The number of β-amino-alcohol motifs (C(OH)–C–C–N with tert-alkyl or cyclic N) is 1. The lowest BCUT2D eigenvalue weighted by atomic mass is 9.90. The van der Waals surface area contributed by atoms with Crippen molar-refractivity contribution in [2.24, 2.45) is 5.92 Å². The fourth-order valence-corrected chi connectivity index (χ4v) is 4.88. The summed E-state index contributed by atoms with van der Waals surface area (Å²) in [7, 11) is 0. The second-order valence-electron chi connectivity index (χ2n) is 9.77. The third-order valence-electron chi connectivity index (χ3n) is 6.95. The highest BCUT2D eigenvalue weighted by molar-refractivity contribution is 5.96. The maximum absolute atomic E-state index is 13.2. The van der Waals surface area contributed by atoms with E-state index in [1.165, 1.54) is 19.1 Å². The van der Waals surface area contributed by atoms with Crippen molar-refractivity contribution in [3.05, 3.63) is 101 Å². The Morgan fingerprint density at radius 3 is 2.38 bits per heavy atom. The van der Waals surface area contributed by atoms with Crippen molar-refractivity contribution in [3.8, 4) is 0 Å². The summed E-state index contributed by atoms with van der Waals surface area (Å²) in [5.41, 5.74) is 2.98. The number of likely N-dealkylation sites (tertiary alicyclic amines) is 1. The molecule has 0 bridgehead atoms. The summed E-state index contributed by atoms with van der Waals surface area (Å²) in [5.74, 6) is 0.230. The van der Waals surface area contributed by atoms with Gasteiger partial charge in [0.2, 0.25) is 0 Å². The minimum absolute atomic E-state index is 0.0805. The van der Waals surface area contributed by atoms with Crippen LogP contribution < -0.4 is 10.6 Å². The van der Waals surface area contributed by atoms with Gasteiger partial charge < -0.3 is 20.6 Å². The second-order valence-corrected chi connectivity index (χ2v) is 9.77. The monoisotopic (exact) mass is 503 g/mol. The molecular weight excluding hydrogens is 469 g/mol. The number of benzene rings is 3. The Balaban J connectivity index is 1.35. The van der Waals surface area contributed by atoms with Crippen molar-refractivity contribution in [3.63, 3.8) is 0 Å². The average Bonchev–Trinajstić information content (AvgIpc) is 2.90. The molecular formula is C30H34FN3O3. The van der Waals surface area contributed by atoms with Crippen molar-refractivity contribution in [1.29, 1.82) is 0 Å². The SMILES string of the molecule is CC(=O)c1cccc(NC(=O)N[C@@H](c2ccccc2)[C@@H](O)CN2CCC(Cc3ccc(F)cc3)CC2)c1. The Kier molecular flexibility index (Phi) is 9.04. The summed E-state index contributed by atoms with van der Waals surface area (Å²) in [6.45, 7) is 3.62. The molecule has 7 heteroatoms. The van der Waals surface area contributed by atoms with E-state index in [1.807, 2.05) is 42.5 Å². The fourth-order valence-electron chi connectivity index (χ4n) is 4.88. The summed E-state index contributed by atoms with van der Waals surface area (Å²) in [4.78, 5) is 26.8. The normalized spacial score (nSPS) is 16.1. The van der Waals surface area contributed by atoms with Crippen LogP contribution in [0.15, 0.2) is 78.9 Å². The Morgan fingerprint density at radius 2 is 1.70 bits per heavy atom. The lowest BCUT2D eigenvalue weighted by Gasteiger charge is -2.35. The van der Waals surface area contributed by atoms with Crippen LogP contribution in [0, 0.1) is 11.7 Å². The van der Waals surface area contributed by atoms with Gasteiger partial charge in [-0.15, -0.1) is 0 Å². The summed E-state index contributed by atoms with van der Waals surface area (Å²) < 4.78 is 13.2. The van der Waals surface area contributed by atoms with E-state index in [4.69, 9.17) is 0 Å². The van der Waals surface area contributed by atoms with E-state index >= 15 is 0 Å². The minimum atomic E-state index is -0.814. The number of urea groups is 1. The average molecular weight is 504 g/mol. The summed E-state index contributed by atoms with van der Waals surface area (Å²) in [6.07, 6.45) is 2.11. The zero-order valence-electron chi connectivity index (χ0n) is 21.1. The van der Waals surface area contributed by atoms with Gasteiger partial charge in [0.1, 0.15) is 5.82 Å². The molecule has 0 spiro atoms. The second kappa shape index (κ2) is 12.6. The number of hydrogen-bond donors (Lipinski definition) is 3. The molecule has 3 aromatic rings. The molecule has 1 heterocycles. The van der Waals surface area contributed by atoms with Crippen molar-refractivity contribution in [2.45, 2.75) is 38.3 Å². The molecule has 0 aromatic heterocycles. The zero-order chi connectivity index (χ0) is 26.2. The molecule has 0 radical (unpaired) electrons. The largest absolute Gasteiger partial charge is 0.389 e. The van der Waals surface area contributed by atoms with Crippen molar-refractivity contribution in [1.82, 2.24) is 10.2 Å². The van der Waals surface area contributed by atoms with E-state index in [0.29, 0.717) is 23.7 Å². The molecule has 1 fully saturated rings. The number of carbonyl (C=O) groups excluding carboxylic acids is 2. The number of anilines is 1. The highest BCUT2D eigenvalue weighted by Gasteiger charge is 2.27. The molecule has 3 N–H and O–H groups in total. The number of nitrogens with zero attached hydrogens (tertiary/aromatic N) is 1. The van der Waals surface area contributed by atoms with Crippen LogP contribution >= 0.6 is 0 Å². The first-order chi connectivity index (χ1) is 17.9. The Bertz CT molecular complexity index is 1180. The lowest BCUT2D eigenvalue weighted by molar-refractivity contribution is 0.0657. The standard InChI is InChI=1S/C30H34FN3O3/c1-21(35)25-8-5-9-27(19-25)32-30(37)33-29(24-6-3-2-4-7-24)28(36)20-34-16-14-23(15-17-34)18-22-10-12-26(31)13-11-22/h2-13,19,23,28-29,36H,14-18,20H2,1H3,(H2,32,33,37)/t28-,29-/m0/s1. The Hall–Kier alpha value is -3.55. The number of amides is 2. The summed E-state index contributed by atoms with van der Waals surface area (Å²) in [6, 6.07) is 21.9. The van der Waals surface area contributed by atoms with Crippen LogP contribution in [0.5, 0.6) is 0 Å². The highest BCUT2D eigenvalue weighted by Crippen LogP contribution is 2.24. The van der Waals surface area contributed by atoms with E-state index in [2.05, 4.69) is 15.5 Å². The first-order valence-corrected chi connectivity index (χ1v) is 12.8. The zero-order valence-corrected chi connectivity index (χ0v) is 21.1. The number of ketones is 1. The van der Waals surface area contributed by atoms with Gasteiger partial charge in [-0.1, -0.05) is 54.6 Å². The van der Waals surface area contributed by atoms with Crippen LogP contribution in [0.4, 0.5) is 14.9 Å². The lowest BCUT2D eigenvalue weighted by Crippen LogP contribution is -2.46. The number of Topliss-reactive ketones (excluding diaryl/α,β-unsaturated/α-hetero) is 1. The molecule has 37 heavy (non-hydrogen) atoms. The van der Waals surface area contributed by atoms with Gasteiger partial charge in [-0.05, 0) is 80.6 Å². The number of halogens is 1. The molecule has 2 amide bonds. The number of nitrogens with one attached hydrogen (secondary N) is 2. The first-order valence-electron chi connectivity index (χ1n) is 12.8. The third kappa shape index (κ3) is 7.71. The molecule has 0 aliphatic carbocycles. The number of rotatable bonds is 9. The smallest absolute Gasteiger partial charge is 0.319 e. The summed E-state index contributed by atoms with van der Waals surface area (Å²) in [5, 5.41) is 16.9. The van der Waals surface area contributed by atoms with Crippen LogP contribution in [0.25, 0.3) is 0 Å². The predicted molar refractivity (Wildman–Crippen MR) is 143 cm³/mol. The van der Waals surface area contributed by atoms with Crippen LogP contribution in [0.2, 0.25) is 0 Å². The van der Waals surface area contributed by atoms with Crippen LogP contribution in [0.3, 0.4) is 0 Å². The van der Waals surface area contributed by atoms with Gasteiger partial charge in [-0.3, -0.25) is 4.79 Å². The molecule has 1 saturated heterocycles. The molecule has 6 nitrogen and oxygen atoms in total. The number of carbonyl (C=O) groups is 2. The maximum Gasteiger partial charge on any atom is 0.319 e. The van der Waals surface area contributed by atoms with E-state index in [9.17, 15) is 19.1 Å². The first kappa shape index (κ1) is 26.5. The van der Waals surface area contributed by atoms with E-state index in [-0.39, 0.29) is 11.6 Å². The molecule has 194 valence electrons. The van der Waals surface area contributed by atoms with E-state index < -0.39 is 18.2 Å². The van der Waals surface area contributed by atoms with Gasteiger partial charge >= 0.3 is 6.03 Å². The number of aliphatic hydroxyl groups excluding tert-OH is 1. The van der Waals surface area contributed by atoms with Gasteiger partial charge in [-0.2, -0.15) is 0 Å². The molecule has 2 atom stereocenters. The van der Waals surface area contributed by atoms with Crippen molar-refractivity contribution < 1.29 is 19.1 Å². The third-order valence-corrected chi connectivity index (χ3v) is 6.95. The van der Waals surface area contributed by atoms with Crippen molar-refractivity contribution in [2.75, 3.05) is 25.0 Å². The van der Waals surface area contributed by atoms with Gasteiger partial charge in [0, 0.05) is 17.8 Å². The summed E-state index contributed by atoms with van der Waals surface area (Å²) >= 11 is 0. The molecule has 4 rings (SSSR count). The molecule has 0 saturated carbocycles. The van der Waals surface area contributed by atoms with E-state index in [0.717, 1.165) is 43.5 Å². The Labute approximate surface area is 217 Å². The van der Waals surface area contributed by atoms with E-state index in [1.54, 1.807) is 24.3 Å². The van der Waals surface area contributed by atoms with Gasteiger partial charge in [0.25, 0.3) is 0 Å². The van der Waals surface area contributed by atoms with Gasteiger partial charge in [0.05, 0.1) is 12.1 Å². The van der Waals surface area contributed by atoms with Crippen LogP contribution in [-0.2, 0) is 6.42 Å². The van der Waals surface area contributed by atoms with Crippen LogP contribution in [-0.4, -0.2) is 47.6 Å². The van der Waals surface area contributed by atoms with Gasteiger partial charge in [-0.25, -0.2) is 9.18 Å². The highest BCUT2D eigenvalue weighted by atomic mass is 19.1. The molecule has 0 unspecified atom stereocenters. The predicted octanol–water partition coefficient (Wildman–Crippen LogP) is 5.21. The fraction of sp³-hybridized carbons (Fsp3) is 0.333. The number of hydrogen-bond acceptors (Lipinski definition) is 4.